The fourth-order valence-electron chi connectivity index (χ4n) is 4.84. The van der Waals surface area contributed by atoms with Gasteiger partial charge in [0, 0.05) is 55.4 Å². The summed E-state index contributed by atoms with van der Waals surface area (Å²) in [5.74, 6) is 1.48. The van der Waals surface area contributed by atoms with E-state index in [2.05, 4.69) is 35.3 Å². The Morgan fingerprint density at radius 2 is 1.88 bits per heavy atom. The van der Waals surface area contributed by atoms with E-state index < -0.39 is 17.6 Å². The molecule has 14 heteroatoms. The number of anilines is 2. The second kappa shape index (κ2) is 10.9. The van der Waals surface area contributed by atoms with Gasteiger partial charge in [-0.25, -0.2) is 4.98 Å². The number of halogens is 4. The Hall–Kier alpha value is -4.78. The molecule has 5 heterocycles. The lowest BCUT2D eigenvalue weighted by Gasteiger charge is -2.19. The van der Waals surface area contributed by atoms with Crippen LogP contribution in [0.4, 0.5) is 30.5 Å². The van der Waals surface area contributed by atoms with Crippen molar-refractivity contribution in [1.82, 2.24) is 29.3 Å². The van der Waals surface area contributed by atoms with E-state index in [-0.39, 0.29) is 18.1 Å². The lowest BCUT2D eigenvalue weighted by molar-refractivity contribution is -0.137. The number of fused-ring (bicyclic) bond motifs is 3. The maximum Gasteiger partial charge on any atom is 0.416 e. The summed E-state index contributed by atoms with van der Waals surface area (Å²) in [5, 5.41) is 10.4. The van der Waals surface area contributed by atoms with Crippen LogP contribution in [0.2, 0.25) is 0 Å². The summed E-state index contributed by atoms with van der Waals surface area (Å²) in [7, 11) is 1.81. The van der Waals surface area contributed by atoms with Crippen LogP contribution >= 0.6 is 12.4 Å². The molecule has 2 aromatic heterocycles. The quantitative estimate of drug-likeness (QED) is 0.297. The van der Waals surface area contributed by atoms with Crippen molar-refractivity contribution in [2.75, 3.05) is 17.2 Å². The Labute approximate surface area is 244 Å². The smallest absolute Gasteiger partial charge is 0.369 e. The minimum absolute atomic E-state index is 0. The number of carbonyl (C=O) groups excluding carboxylic acids is 1. The first-order valence-electron chi connectivity index (χ1n) is 12.7. The molecular weight excluding hydrogens is 571 g/mol. The molecule has 0 saturated carbocycles. The standard InChI is InChI=1S/C28H24F3N9O.ClH/c1-15-4-5-19(35-26(41)22-12-18(6-7-32-22)28(29,30)31)13-20(15)21-11-17-14-34-27(36-23-10-16(2)38-39(23)3)37-24(17)40-9-8-33-25(21)40;/h4-7,10-14,33H,8-9H2,1-3H3,(H,35,41);1H/b36-27+;. The summed E-state index contributed by atoms with van der Waals surface area (Å²) >= 11 is 0. The van der Waals surface area contributed by atoms with Crippen molar-refractivity contribution >= 4 is 35.6 Å². The topological polar surface area (TPSA) is 115 Å². The molecule has 216 valence electrons. The maximum absolute atomic E-state index is 13.1. The second-order valence-corrected chi connectivity index (χ2v) is 9.72. The fraction of sp³-hybridized carbons (Fsp3) is 0.214. The third kappa shape index (κ3) is 5.42. The van der Waals surface area contributed by atoms with Crippen molar-refractivity contribution in [1.29, 1.82) is 0 Å². The molecule has 0 bridgehead atoms. The number of aryl methyl sites for hydroxylation is 3. The minimum atomic E-state index is -4.58. The van der Waals surface area contributed by atoms with Crippen LogP contribution in [0.1, 0.15) is 27.3 Å². The fourth-order valence-corrected chi connectivity index (χ4v) is 4.84. The molecule has 1 amide bonds. The molecule has 0 fully saturated rings. The first kappa shape index (κ1) is 28.7. The molecule has 6 rings (SSSR count). The summed E-state index contributed by atoms with van der Waals surface area (Å²) in [5.41, 5.74) is 3.76. The Morgan fingerprint density at radius 1 is 1.07 bits per heavy atom. The molecule has 1 aromatic carbocycles. The van der Waals surface area contributed by atoms with Gasteiger partial charge in [0.25, 0.3) is 11.5 Å². The van der Waals surface area contributed by atoms with Gasteiger partial charge in [-0.2, -0.15) is 28.2 Å². The maximum atomic E-state index is 13.1. The Bertz CT molecular complexity index is 1860. The number of amides is 1. The predicted octanol–water partition coefficient (Wildman–Crippen LogP) is 5.15. The zero-order valence-corrected chi connectivity index (χ0v) is 23.5. The van der Waals surface area contributed by atoms with Crippen LogP contribution in [0, 0.1) is 13.8 Å². The van der Waals surface area contributed by atoms with E-state index in [1.807, 2.05) is 39.1 Å². The van der Waals surface area contributed by atoms with Gasteiger partial charge in [0.1, 0.15) is 17.3 Å². The van der Waals surface area contributed by atoms with Gasteiger partial charge in [-0.3, -0.25) is 14.5 Å². The first-order chi connectivity index (χ1) is 19.6. The largest absolute Gasteiger partial charge is 0.416 e. The highest BCUT2D eigenvalue weighted by Gasteiger charge is 2.31. The van der Waals surface area contributed by atoms with Crippen LogP contribution < -0.4 is 16.3 Å². The summed E-state index contributed by atoms with van der Waals surface area (Å²) in [6.45, 7) is 5.21. The number of alkyl halides is 3. The molecule has 0 unspecified atom stereocenters. The Kier molecular flexibility index (Phi) is 7.45. The van der Waals surface area contributed by atoms with Crippen LogP contribution in [0.25, 0.3) is 22.5 Å². The molecular formula is C28H25ClF3N9O. The van der Waals surface area contributed by atoms with Crippen LogP contribution in [0.15, 0.2) is 59.9 Å². The average Bonchev–Trinajstić information content (AvgIpc) is 3.55. The van der Waals surface area contributed by atoms with E-state index in [4.69, 9.17) is 4.98 Å². The third-order valence-corrected chi connectivity index (χ3v) is 6.79. The molecule has 0 saturated heterocycles. The normalized spacial score (nSPS) is 13.0. The highest BCUT2D eigenvalue weighted by Crippen LogP contribution is 2.39. The van der Waals surface area contributed by atoms with Crippen LogP contribution in [-0.4, -0.2) is 41.8 Å². The second-order valence-electron chi connectivity index (χ2n) is 9.72. The molecule has 3 aromatic rings. The number of nitrogens with zero attached hydrogens (tertiary/aromatic N) is 7. The predicted molar refractivity (Wildman–Crippen MR) is 153 cm³/mol. The van der Waals surface area contributed by atoms with Crippen molar-refractivity contribution in [3.63, 3.8) is 0 Å². The Balaban J connectivity index is 0.00000353. The van der Waals surface area contributed by atoms with E-state index in [0.717, 1.165) is 57.9 Å². The van der Waals surface area contributed by atoms with Crippen LogP contribution in [0.3, 0.4) is 0 Å². The zero-order chi connectivity index (χ0) is 28.9. The number of hydrogen-bond acceptors (Lipinski definition) is 7. The van der Waals surface area contributed by atoms with E-state index in [1.165, 1.54) is 0 Å². The van der Waals surface area contributed by atoms with Crippen molar-refractivity contribution < 1.29 is 18.0 Å². The number of rotatable bonds is 4. The number of aromatic nitrogens is 6. The highest BCUT2D eigenvalue weighted by atomic mass is 35.5. The average molecular weight is 596 g/mol. The molecule has 0 aliphatic carbocycles. The van der Waals surface area contributed by atoms with Gasteiger partial charge in [-0.1, -0.05) is 6.07 Å². The van der Waals surface area contributed by atoms with Gasteiger partial charge < -0.3 is 15.2 Å². The van der Waals surface area contributed by atoms with Crippen molar-refractivity contribution in [2.45, 2.75) is 26.6 Å². The monoisotopic (exact) mass is 595 g/mol. The van der Waals surface area contributed by atoms with E-state index in [1.54, 1.807) is 23.0 Å². The third-order valence-electron chi connectivity index (χ3n) is 6.79. The van der Waals surface area contributed by atoms with Crippen LogP contribution in [0.5, 0.6) is 0 Å². The van der Waals surface area contributed by atoms with Gasteiger partial charge >= 0.3 is 6.18 Å². The molecule has 0 radical (unpaired) electrons. The number of nitrogens with one attached hydrogen (secondary N) is 2. The lowest BCUT2D eigenvalue weighted by atomic mass is 9.98. The summed E-state index contributed by atoms with van der Waals surface area (Å²) in [4.78, 5) is 30.3. The molecule has 10 nitrogen and oxygen atoms in total. The summed E-state index contributed by atoms with van der Waals surface area (Å²) < 4.78 is 43.1. The van der Waals surface area contributed by atoms with Gasteiger partial charge in [0.15, 0.2) is 5.82 Å². The van der Waals surface area contributed by atoms with Gasteiger partial charge in [-0.05, 0) is 55.3 Å². The first-order valence-corrected chi connectivity index (χ1v) is 12.7. The van der Waals surface area contributed by atoms with Gasteiger partial charge in [0.05, 0.1) is 11.3 Å². The van der Waals surface area contributed by atoms with Crippen molar-refractivity contribution in [2.24, 2.45) is 12.0 Å². The molecule has 3 aliphatic heterocycles. The highest BCUT2D eigenvalue weighted by molar-refractivity contribution is 6.03. The number of benzene rings is 1. The lowest BCUT2D eigenvalue weighted by Crippen LogP contribution is -2.18. The van der Waals surface area contributed by atoms with E-state index in [0.29, 0.717) is 30.2 Å². The molecule has 0 atom stereocenters. The Morgan fingerprint density at radius 3 is 2.62 bits per heavy atom. The molecule has 0 spiro atoms. The van der Waals surface area contributed by atoms with Crippen molar-refractivity contribution in [3.05, 3.63) is 83.0 Å². The van der Waals surface area contributed by atoms with Crippen molar-refractivity contribution in [3.8, 4) is 22.5 Å². The minimum Gasteiger partial charge on any atom is -0.369 e. The number of hydrogen-bond donors (Lipinski definition) is 2. The van der Waals surface area contributed by atoms with E-state index in [9.17, 15) is 18.0 Å². The zero-order valence-electron chi connectivity index (χ0n) is 22.7. The SMILES string of the molecule is Cc1cc(/N=c2\ncc3cc(-c4cc(NC(=O)c5cc(C(F)(F)F)ccn5)ccc4C)c4n(c-3n2)CCN4)n(C)n1.Cl. The van der Waals surface area contributed by atoms with Gasteiger partial charge in [0.2, 0.25) is 0 Å². The van der Waals surface area contributed by atoms with Crippen LogP contribution in [-0.2, 0) is 19.8 Å². The molecule has 42 heavy (non-hydrogen) atoms. The molecule has 3 aliphatic rings. The summed E-state index contributed by atoms with van der Waals surface area (Å²) in [6, 6.07) is 10.7. The molecule has 2 N–H and O–H groups in total. The summed E-state index contributed by atoms with van der Waals surface area (Å²) in [6.07, 6.45) is -1.88. The number of pyridine rings is 2. The number of carbonyl (C=O) groups is 1. The van der Waals surface area contributed by atoms with E-state index >= 15 is 0 Å². The van der Waals surface area contributed by atoms with Gasteiger partial charge in [-0.15, -0.1) is 12.4 Å².